The number of carbonyl (C=O) groups excluding carboxylic acids is 1. The van der Waals surface area contributed by atoms with Crippen LogP contribution in [0, 0.1) is 11.2 Å². The number of amides is 1. The van der Waals surface area contributed by atoms with E-state index in [0.717, 1.165) is 0 Å². The number of halogens is 1. The van der Waals surface area contributed by atoms with Crippen LogP contribution >= 0.6 is 0 Å². The molecule has 2 N–H and O–H groups in total. The standard InChI is InChI=1S/C14H16FNO4/c1-20-11-3-2-9(6-10(11)15)7-12(17)16-8-14(4-5-14)13(18)19/h2-3,6H,4-5,7-8H2,1H3,(H,16,17)(H,18,19). The third-order valence-corrected chi connectivity index (χ3v) is 3.51. The highest BCUT2D eigenvalue weighted by Gasteiger charge is 2.50. The molecule has 0 aromatic heterocycles. The Labute approximate surface area is 115 Å². The quantitative estimate of drug-likeness (QED) is 0.825. The Kier molecular flexibility index (Phi) is 3.92. The van der Waals surface area contributed by atoms with Crippen LogP contribution in [-0.2, 0) is 16.0 Å². The van der Waals surface area contributed by atoms with Gasteiger partial charge in [-0.15, -0.1) is 0 Å². The first-order valence-corrected chi connectivity index (χ1v) is 6.29. The summed E-state index contributed by atoms with van der Waals surface area (Å²) in [6.07, 6.45) is 1.18. The Morgan fingerprint density at radius 1 is 1.45 bits per heavy atom. The van der Waals surface area contributed by atoms with Gasteiger partial charge in [0.25, 0.3) is 0 Å². The second-order valence-electron chi connectivity index (χ2n) is 5.01. The normalized spacial score (nSPS) is 15.5. The largest absolute Gasteiger partial charge is 0.494 e. The van der Waals surface area contributed by atoms with Gasteiger partial charge in [0.2, 0.25) is 5.91 Å². The van der Waals surface area contributed by atoms with Crippen LogP contribution in [0.25, 0.3) is 0 Å². The first-order chi connectivity index (χ1) is 9.47. The zero-order valence-corrected chi connectivity index (χ0v) is 11.1. The molecule has 1 aromatic carbocycles. The fraction of sp³-hybridized carbons (Fsp3) is 0.429. The van der Waals surface area contributed by atoms with Crippen molar-refractivity contribution in [3.63, 3.8) is 0 Å². The summed E-state index contributed by atoms with van der Waals surface area (Å²) in [5.74, 6) is -1.60. The van der Waals surface area contributed by atoms with Gasteiger partial charge in [-0.25, -0.2) is 4.39 Å². The summed E-state index contributed by atoms with van der Waals surface area (Å²) in [6.45, 7) is 0.125. The fourth-order valence-electron chi connectivity index (χ4n) is 1.95. The van der Waals surface area contributed by atoms with Crippen molar-refractivity contribution >= 4 is 11.9 Å². The molecule has 1 aromatic rings. The average molecular weight is 281 g/mol. The molecule has 1 fully saturated rings. The van der Waals surface area contributed by atoms with E-state index in [4.69, 9.17) is 9.84 Å². The molecule has 0 spiro atoms. The number of benzene rings is 1. The minimum absolute atomic E-state index is 0.0105. The zero-order chi connectivity index (χ0) is 14.8. The van der Waals surface area contributed by atoms with E-state index < -0.39 is 17.2 Å². The molecule has 0 heterocycles. The third-order valence-electron chi connectivity index (χ3n) is 3.51. The number of carboxylic acids is 1. The van der Waals surface area contributed by atoms with Gasteiger partial charge in [0.1, 0.15) is 0 Å². The maximum absolute atomic E-state index is 13.5. The summed E-state index contributed by atoms with van der Waals surface area (Å²) in [5, 5.41) is 11.6. The third kappa shape index (κ3) is 3.07. The van der Waals surface area contributed by atoms with Gasteiger partial charge in [0.05, 0.1) is 18.9 Å². The molecule has 0 bridgehead atoms. The number of nitrogens with one attached hydrogen (secondary N) is 1. The van der Waals surface area contributed by atoms with E-state index in [1.165, 1.54) is 19.2 Å². The van der Waals surface area contributed by atoms with Gasteiger partial charge in [-0.2, -0.15) is 0 Å². The van der Waals surface area contributed by atoms with Crippen LogP contribution in [0.5, 0.6) is 5.75 Å². The predicted octanol–water partition coefficient (Wildman–Crippen LogP) is 1.36. The molecule has 108 valence electrons. The van der Waals surface area contributed by atoms with Crippen LogP contribution in [0.2, 0.25) is 0 Å². The van der Waals surface area contributed by atoms with Gasteiger partial charge in [0.15, 0.2) is 11.6 Å². The van der Waals surface area contributed by atoms with E-state index in [2.05, 4.69) is 5.32 Å². The first kappa shape index (κ1) is 14.3. The molecule has 5 nitrogen and oxygen atoms in total. The van der Waals surface area contributed by atoms with Crippen LogP contribution < -0.4 is 10.1 Å². The Morgan fingerprint density at radius 3 is 2.65 bits per heavy atom. The zero-order valence-electron chi connectivity index (χ0n) is 11.1. The summed E-state index contributed by atoms with van der Waals surface area (Å²) < 4.78 is 18.2. The van der Waals surface area contributed by atoms with Crippen LogP contribution in [-0.4, -0.2) is 30.6 Å². The molecule has 20 heavy (non-hydrogen) atoms. The minimum atomic E-state index is -0.881. The lowest BCUT2D eigenvalue weighted by Crippen LogP contribution is -2.35. The van der Waals surface area contributed by atoms with Crippen LogP contribution in [0.4, 0.5) is 4.39 Å². The van der Waals surface area contributed by atoms with Gasteiger partial charge < -0.3 is 15.2 Å². The number of aliphatic carboxylic acids is 1. The molecule has 0 atom stereocenters. The van der Waals surface area contributed by atoms with Crippen molar-refractivity contribution in [2.75, 3.05) is 13.7 Å². The van der Waals surface area contributed by atoms with Gasteiger partial charge in [0, 0.05) is 6.54 Å². The summed E-state index contributed by atoms with van der Waals surface area (Å²) in [6, 6.07) is 4.30. The number of carboxylic acid groups (broad SMARTS) is 1. The number of hydrogen-bond acceptors (Lipinski definition) is 3. The van der Waals surface area contributed by atoms with Crippen molar-refractivity contribution in [3.8, 4) is 5.75 Å². The Balaban J connectivity index is 1.89. The van der Waals surface area contributed by atoms with Crippen LogP contribution in [0.3, 0.4) is 0 Å². The van der Waals surface area contributed by atoms with E-state index in [9.17, 15) is 14.0 Å². The number of hydrogen-bond donors (Lipinski definition) is 2. The maximum Gasteiger partial charge on any atom is 0.311 e. The summed E-state index contributed by atoms with van der Waals surface area (Å²) in [5.41, 5.74) is -0.276. The van der Waals surface area contributed by atoms with Crippen LogP contribution in [0.1, 0.15) is 18.4 Å². The highest BCUT2D eigenvalue weighted by molar-refractivity contribution is 5.82. The second kappa shape index (κ2) is 5.48. The number of carbonyl (C=O) groups is 2. The van der Waals surface area contributed by atoms with E-state index >= 15 is 0 Å². The first-order valence-electron chi connectivity index (χ1n) is 6.29. The molecule has 0 saturated heterocycles. The second-order valence-corrected chi connectivity index (χ2v) is 5.01. The molecule has 6 heteroatoms. The highest BCUT2D eigenvalue weighted by Crippen LogP contribution is 2.45. The summed E-state index contributed by atoms with van der Waals surface area (Å²) in [4.78, 5) is 22.7. The molecule has 0 aliphatic heterocycles. The summed E-state index contributed by atoms with van der Waals surface area (Å²) >= 11 is 0. The molecular formula is C14H16FNO4. The molecule has 0 radical (unpaired) electrons. The van der Waals surface area contributed by atoms with E-state index in [-0.39, 0.29) is 24.6 Å². The molecule has 0 unspecified atom stereocenters. The molecule has 1 aliphatic carbocycles. The monoisotopic (exact) mass is 281 g/mol. The van der Waals surface area contributed by atoms with E-state index in [1.54, 1.807) is 6.07 Å². The Hall–Kier alpha value is -2.11. The Morgan fingerprint density at radius 2 is 2.15 bits per heavy atom. The van der Waals surface area contributed by atoms with Gasteiger partial charge in [-0.1, -0.05) is 6.07 Å². The average Bonchev–Trinajstić information content (AvgIpc) is 3.18. The van der Waals surface area contributed by atoms with Gasteiger partial charge in [-0.05, 0) is 30.5 Å². The lowest BCUT2D eigenvalue weighted by atomic mass is 10.1. The number of ether oxygens (including phenoxy) is 1. The van der Waals surface area contributed by atoms with E-state index in [0.29, 0.717) is 18.4 Å². The van der Waals surface area contributed by atoms with Crippen molar-refractivity contribution in [1.29, 1.82) is 0 Å². The topological polar surface area (TPSA) is 75.6 Å². The minimum Gasteiger partial charge on any atom is -0.494 e. The lowest BCUT2D eigenvalue weighted by molar-refractivity contribution is -0.143. The van der Waals surface area contributed by atoms with Crippen molar-refractivity contribution < 1.29 is 23.8 Å². The molecule has 1 aliphatic rings. The van der Waals surface area contributed by atoms with Crippen LogP contribution in [0.15, 0.2) is 18.2 Å². The summed E-state index contributed by atoms with van der Waals surface area (Å²) in [7, 11) is 1.37. The molecule has 1 saturated carbocycles. The van der Waals surface area contributed by atoms with Gasteiger partial charge in [-0.3, -0.25) is 9.59 Å². The fourth-order valence-corrected chi connectivity index (χ4v) is 1.95. The van der Waals surface area contributed by atoms with E-state index in [1.807, 2.05) is 0 Å². The highest BCUT2D eigenvalue weighted by atomic mass is 19.1. The predicted molar refractivity (Wildman–Crippen MR) is 69.0 cm³/mol. The molecule has 1 amide bonds. The number of rotatable bonds is 6. The molecule has 2 rings (SSSR count). The maximum atomic E-state index is 13.5. The Bertz CT molecular complexity index is 540. The SMILES string of the molecule is COc1ccc(CC(=O)NCC2(C(=O)O)CC2)cc1F. The number of methoxy groups -OCH3 is 1. The van der Waals surface area contributed by atoms with Crippen molar-refractivity contribution in [2.45, 2.75) is 19.3 Å². The van der Waals surface area contributed by atoms with Crippen molar-refractivity contribution in [3.05, 3.63) is 29.6 Å². The smallest absolute Gasteiger partial charge is 0.311 e. The molecular weight excluding hydrogens is 265 g/mol. The lowest BCUT2D eigenvalue weighted by Gasteiger charge is -2.11. The van der Waals surface area contributed by atoms with Crippen molar-refractivity contribution in [2.24, 2.45) is 5.41 Å². The van der Waals surface area contributed by atoms with Gasteiger partial charge >= 0.3 is 5.97 Å². The van der Waals surface area contributed by atoms with Crippen molar-refractivity contribution in [1.82, 2.24) is 5.32 Å².